The Morgan fingerprint density at radius 3 is 2.92 bits per heavy atom. The van der Waals surface area contributed by atoms with Crippen molar-refractivity contribution in [3.8, 4) is 0 Å². The normalized spacial score (nSPS) is 10.6. The summed E-state index contributed by atoms with van der Waals surface area (Å²) in [5.41, 5.74) is -0.119. The summed E-state index contributed by atoms with van der Waals surface area (Å²) in [6.07, 6.45) is 1.62. The quantitative estimate of drug-likeness (QED) is 0.774. The van der Waals surface area contributed by atoms with Crippen LogP contribution in [-0.2, 0) is 0 Å². The molecule has 0 amide bonds. The van der Waals surface area contributed by atoms with Crippen molar-refractivity contribution in [2.45, 2.75) is 0 Å². The molecule has 13 heavy (non-hydrogen) atoms. The number of halogens is 2. The maximum atomic E-state index is 11.3. The number of H-pyrrole nitrogens is 1. The van der Waals surface area contributed by atoms with Gasteiger partial charge >= 0.3 is 0 Å². The second kappa shape index (κ2) is 3.16. The summed E-state index contributed by atoms with van der Waals surface area (Å²) in [6, 6.07) is 5.31. The van der Waals surface area contributed by atoms with Crippen LogP contribution in [0.25, 0.3) is 10.8 Å². The summed E-state index contributed by atoms with van der Waals surface area (Å²) in [5, 5.41) is 2.03. The van der Waals surface area contributed by atoms with Crippen LogP contribution in [0.1, 0.15) is 0 Å². The number of hydrogen-bond acceptors (Lipinski definition) is 1. The summed E-state index contributed by atoms with van der Waals surface area (Å²) in [7, 11) is 0. The van der Waals surface area contributed by atoms with Gasteiger partial charge in [-0.3, -0.25) is 4.79 Å². The Morgan fingerprint density at radius 1 is 1.38 bits per heavy atom. The molecule has 1 N–H and O–H groups in total. The second-order valence-electron chi connectivity index (χ2n) is 2.66. The number of aromatic nitrogens is 1. The van der Waals surface area contributed by atoms with Gasteiger partial charge in [0.15, 0.2) is 0 Å². The van der Waals surface area contributed by atoms with E-state index in [9.17, 15) is 4.79 Å². The van der Waals surface area contributed by atoms with Gasteiger partial charge in [-0.1, -0.05) is 11.6 Å². The van der Waals surface area contributed by atoms with Gasteiger partial charge in [0.2, 0.25) is 0 Å². The van der Waals surface area contributed by atoms with Crippen molar-refractivity contribution in [3.63, 3.8) is 0 Å². The van der Waals surface area contributed by atoms with Crippen LogP contribution in [0.5, 0.6) is 0 Å². The van der Waals surface area contributed by atoms with Gasteiger partial charge in [-0.2, -0.15) is 0 Å². The van der Waals surface area contributed by atoms with Crippen molar-refractivity contribution < 1.29 is 0 Å². The largest absolute Gasteiger partial charge is 0.329 e. The minimum atomic E-state index is -0.119. The molecule has 0 saturated carbocycles. The van der Waals surface area contributed by atoms with Gasteiger partial charge < -0.3 is 4.98 Å². The van der Waals surface area contributed by atoms with Crippen molar-refractivity contribution in [2.24, 2.45) is 0 Å². The Labute approximate surface area is 87.7 Å². The number of benzene rings is 1. The lowest BCUT2D eigenvalue weighted by Crippen LogP contribution is -2.03. The van der Waals surface area contributed by atoms with E-state index < -0.39 is 0 Å². The lowest BCUT2D eigenvalue weighted by molar-refractivity contribution is 1.28. The van der Waals surface area contributed by atoms with Crippen LogP contribution in [0.15, 0.2) is 33.7 Å². The van der Waals surface area contributed by atoms with Crippen LogP contribution in [0.4, 0.5) is 0 Å². The molecule has 2 nitrogen and oxygen atoms in total. The Hall–Kier alpha value is -0.800. The smallest absolute Gasteiger partial charge is 0.255 e. The number of aromatic amines is 1. The van der Waals surface area contributed by atoms with E-state index in [2.05, 4.69) is 20.9 Å². The first kappa shape index (κ1) is 8.78. The molecule has 0 radical (unpaired) electrons. The fourth-order valence-corrected chi connectivity index (χ4v) is 1.71. The topological polar surface area (TPSA) is 32.9 Å². The fourth-order valence-electron chi connectivity index (χ4n) is 1.18. The summed E-state index contributed by atoms with van der Waals surface area (Å²) < 4.78 is 0.798. The van der Waals surface area contributed by atoms with E-state index in [1.807, 2.05) is 12.1 Å². The van der Waals surface area contributed by atoms with E-state index in [0.29, 0.717) is 10.4 Å². The first-order valence-corrected chi connectivity index (χ1v) is 4.82. The zero-order chi connectivity index (χ0) is 9.42. The Morgan fingerprint density at radius 2 is 2.15 bits per heavy atom. The summed E-state index contributed by atoms with van der Waals surface area (Å²) in [4.78, 5) is 13.9. The van der Waals surface area contributed by atoms with E-state index in [0.717, 1.165) is 9.86 Å². The first-order valence-electron chi connectivity index (χ1n) is 3.65. The predicted molar refractivity (Wildman–Crippen MR) is 57.3 cm³/mol. The van der Waals surface area contributed by atoms with Crippen LogP contribution < -0.4 is 5.56 Å². The Bertz CT molecular complexity index is 520. The molecule has 0 atom stereocenters. The van der Waals surface area contributed by atoms with Gasteiger partial charge in [0, 0.05) is 16.1 Å². The zero-order valence-corrected chi connectivity index (χ0v) is 8.82. The molecule has 66 valence electrons. The van der Waals surface area contributed by atoms with Gasteiger partial charge in [0.25, 0.3) is 5.56 Å². The molecule has 0 fully saturated rings. The summed E-state index contributed by atoms with van der Waals surface area (Å²) >= 11 is 9.16. The average Bonchev–Trinajstić information content (AvgIpc) is 2.09. The first-order chi connectivity index (χ1) is 6.18. The number of pyridine rings is 1. The molecular formula is C9H5BrClNO. The summed E-state index contributed by atoms with van der Waals surface area (Å²) in [5.74, 6) is 0. The Kier molecular flexibility index (Phi) is 2.14. The fraction of sp³-hybridized carbons (Fsp3) is 0. The molecular weight excluding hydrogens is 253 g/mol. The van der Waals surface area contributed by atoms with Crippen molar-refractivity contribution in [1.29, 1.82) is 0 Å². The van der Waals surface area contributed by atoms with Crippen LogP contribution >= 0.6 is 27.5 Å². The molecule has 1 aromatic carbocycles. The highest BCUT2D eigenvalue weighted by Crippen LogP contribution is 2.26. The molecule has 0 aliphatic heterocycles. The number of rotatable bonds is 0. The molecule has 4 heteroatoms. The molecule has 1 aromatic heterocycles. The van der Waals surface area contributed by atoms with Gasteiger partial charge in [0.1, 0.15) is 0 Å². The molecule has 0 saturated heterocycles. The maximum absolute atomic E-state index is 11.3. The number of nitrogens with one attached hydrogen (secondary N) is 1. The molecule has 0 bridgehead atoms. The minimum Gasteiger partial charge on any atom is -0.329 e. The van der Waals surface area contributed by atoms with Crippen molar-refractivity contribution in [1.82, 2.24) is 4.98 Å². The monoisotopic (exact) mass is 257 g/mol. The van der Waals surface area contributed by atoms with Crippen LogP contribution in [0.2, 0.25) is 5.02 Å². The molecule has 0 aliphatic carbocycles. The second-order valence-corrected chi connectivity index (χ2v) is 3.92. The van der Waals surface area contributed by atoms with Crippen LogP contribution in [0.3, 0.4) is 0 Å². The zero-order valence-electron chi connectivity index (χ0n) is 6.47. The van der Waals surface area contributed by atoms with Gasteiger partial charge in [-0.15, -0.1) is 0 Å². The highest BCUT2D eigenvalue weighted by Gasteiger charge is 2.02. The van der Waals surface area contributed by atoms with Crippen molar-refractivity contribution in [3.05, 3.63) is 44.2 Å². The molecule has 0 unspecified atom stereocenters. The van der Waals surface area contributed by atoms with Gasteiger partial charge in [-0.25, -0.2) is 0 Å². The third-order valence-electron chi connectivity index (χ3n) is 1.81. The molecule has 0 aliphatic rings. The standard InChI is InChI=1S/C9H5BrClNO/c10-7-3-5-1-2-12-9(13)6(5)4-8(7)11/h1-4H,(H,12,13). The number of hydrogen-bond donors (Lipinski definition) is 1. The van der Waals surface area contributed by atoms with E-state index >= 15 is 0 Å². The third-order valence-corrected chi connectivity index (χ3v) is 3.01. The van der Waals surface area contributed by atoms with E-state index in [-0.39, 0.29) is 5.56 Å². The maximum Gasteiger partial charge on any atom is 0.255 e. The lowest BCUT2D eigenvalue weighted by Gasteiger charge is -1.99. The van der Waals surface area contributed by atoms with Crippen molar-refractivity contribution >= 4 is 38.3 Å². The van der Waals surface area contributed by atoms with Gasteiger partial charge in [0.05, 0.1) is 5.02 Å². The highest BCUT2D eigenvalue weighted by atomic mass is 79.9. The SMILES string of the molecule is O=c1[nH]ccc2cc(Br)c(Cl)cc12. The highest BCUT2D eigenvalue weighted by molar-refractivity contribution is 9.10. The molecule has 2 rings (SSSR count). The molecule has 2 aromatic rings. The van der Waals surface area contributed by atoms with Crippen molar-refractivity contribution in [2.75, 3.05) is 0 Å². The Balaban J connectivity index is 2.97. The lowest BCUT2D eigenvalue weighted by atomic mass is 10.2. The van der Waals surface area contributed by atoms with Crippen LogP contribution in [-0.4, -0.2) is 4.98 Å². The van der Waals surface area contributed by atoms with E-state index in [4.69, 9.17) is 11.6 Å². The van der Waals surface area contributed by atoms with Crippen LogP contribution in [0, 0.1) is 0 Å². The third kappa shape index (κ3) is 1.49. The van der Waals surface area contributed by atoms with E-state index in [1.165, 1.54) is 0 Å². The average molecular weight is 259 g/mol. The summed E-state index contributed by atoms with van der Waals surface area (Å²) in [6.45, 7) is 0. The van der Waals surface area contributed by atoms with E-state index in [1.54, 1.807) is 12.3 Å². The molecule has 1 heterocycles. The predicted octanol–water partition coefficient (Wildman–Crippen LogP) is 2.94. The minimum absolute atomic E-state index is 0.119. The number of fused-ring (bicyclic) bond motifs is 1. The van der Waals surface area contributed by atoms with Gasteiger partial charge in [-0.05, 0) is 39.5 Å². The molecule has 0 spiro atoms.